The van der Waals surface area contributed by atoms with Gasteiger partial charge in [0, 0.05) is 5.56 Å². The fourth-order valence-corrected chi connectivity index (χ4v) is 2.44. The molecule has 0 aliphatic carbocycles. The average Bonchev–Trinajstić information content (AvgIpc) is 2.59. The van der Waals surface area contributed by atoms with Crippen molar-refractivity contribution in [2.45, 2.75) is 14.5 Å². The Labute approximate surface area is 189 Å². The lowest BCUT2D eigenvalue weighted by Crippen LogP contribution is -2.17. The Morgan fingerprint density at radius 2 is 1.64 bits per heavy atom. The third-order valence-corrected chi connectivity index (χ3v) is 4.11. The van der Waals surface area contributed by atoms with Crippen molar-refractivity contribution in [3.63, 3.8) is 0 Å². The fraction of sp³-hybridized carbons (Fsp3) is 0.333. The van der Waals surface area contributed by atoms with Crippen LogP contribution in [0.1, 0.15) is 18.6 Å². The molecule has 2 rings (SSSR count). The number of anilines is 1. The highest BCUT2D eigenvalue weighted by Gasteiger charge is 2.34. The first-order valence-electron chi connectivity index (χ1n) is 7.51. The van der Waals surface area contributed by atoms with Gasteiger partial charge in [0.15, 0.2) is 17.5 Å². The van der Waals surface area contributed by atoms with Crippen molar-refractivity contribution in [1.29, 1.82) is 0 Å². The van der Waals surface area contributed by atoms with Crippen molar-refractivity contribution >= 4 is 81.3 Å². The topological polar surface area (TPSA) is 77.0 Å². The van der Waals surface area contributed by atoms with E-state index in [2.05, 4.69) is 20.3 Å². The number of carbonyl (C=O) groups is 1. The standard InChI is InChI=1S/C15H11Cl6FN4O2/c1-2-28-10(27)6-23-9-4-3-7(5-8(9)22)11-24-12(14(16,17)18)26-13(25-11)15(19,20)21/h3-5,23H,2,6H2,1H3. The maximum absolute atomic E-state index is 14.4. The Morgan fingerprint density at radius 3 is 2.11 bits per heavy atom. The Hall–Kier alpha value is -0.830. The Balaban J connectivity index is 2.39. The van der Waals surface area contributed by atoms with Crippen LogP contribution in [0.5, 0.6) is 0 Å². The number of ether oxygens (including phenoxy) is 1. The smallest absolute Gasteiger partial charge is 0.325 e. The zero-order chi connectivity index (χ0) is 21.1. The lowest BCUT2D eigenvalue weighted by atomic mass is 10.2. The lowest BCUT2D eigenvalue weighted by molar-refractivity contribution is -0.140. The van der Waals surface area contributed by atoms with E-state index in [9.17, 15) is 9.18 Å². The van der Waals surface area contributed by atoms with Crippen LogP contribution in [-0.2, 0) is 17.1 Å². The van der Waals surface area contributed by atoms with E-state index in [0.717, 1.165) is 6.07 Å². The number of halogens is 7. The van der Waals surface area contributed by atoms with E-state index >= 15 is 0 Å². The van der Waals surface area contributed by atoms with Crippen LogP contribution >= 0.6 is 69.6 Å². The minimum Gasteiger partial charge on any atom is -0.465 e. The molecule has 13 heteroatoms. The number of hydrogen-bond donors (Lipinski definition) is 1. The molecule has 0 radical (unpaired) electrons. The highest BCUT2D eigenvalue weighted by molar-refractivity contribution is 6.67. The summed E-state index contributed by atoms with van der Waals surface area (Å²) in [5, 5.41) is 2.62. The molecule has 1 N–H and O–H groups in total. The summed E-state index contributed by atoms with van der Waals surface area (Å²) in [4.78, 5) is 23.2. The monoisotopic (exact) mass is 508 g/mol. The van der Waals surface area contributed by atoms with Gasteiger partial charge in [-0.15, -0.1) is 0 Å². The molecule has 0 aliphatic rings. The maximum Gasteiger partial charge on any atom is 0.325 e. The summed E-state index contributed by atoms with van der Waals surface area (Å²) in [6.07, 6.45) is 0. The average molecular weight is 511 g/mol. The summed E-state index contributed by atoms with van der Waals surface area (Å²) >= 11 is 34.9. The minimum absolute atomic E-state index is 0.0639. The number of benzene rings is 1. The van der Waals surface area contributed by atoms with E-state index in [1.54, 1.807) is 6.92 Å². The zero-order valence-corrected chi connectivity index (χ0v) is 18.5. The van der Waals surface area contributed by atoms with Crippen molar-refractivity contribution in [2.24, 2.45) is 0 Å². The van der Waals surface area contributed by atoms with Gasteiger partial charge >= 0.3 is 5.97 Å². The first-order valence-corrected chi connectivity index (χ1v) is 9.78. The van der Waals surface area contributed by atoms with Gasteiger partial charge in [0.25, 0.3) is 0 Å². The Bertz CT molecular complexity index is 840. The van der Waals surface area contributed by atoms with Crippen LogP contribution in [0.3, 0.4) is 0 Å². The van der Waals surface area contributed by atoms with Crippen LogP contribution in [0, 0.1) is 5.82 Å². The van der Waals surface area contributed by atoms with E-state index in [0.29, 0.717) is 0 Å². The Morgan fingerprint density at radius 1 is 1.07 bits per heavy atom. The molecular formula is C15H11Cl6FN4O2. The van der Waals surface area contributed by atoms with Gasteiger partial charge in [-0.2, -0.15) is 0 Å². The SMILES string of the molecule is CCOC(=O)CNc1ccc(-c2nc(C(Cl)(Cl)Cl)nc(C(Cl)(Cl)Cl)n2)cc1F. The van der Waals surface area contributed by atoms with E-state index in [-0.39, 0.29) is 41.9 Å². The molecule has 0 unspecified atom stereocenters. The fourth-order valence-electron chi connectivity index (χ4n) is 1.94. The van der Waals surface area contributed by atoms with Crippen LogP contribution in [0.25, 0.3) is 11.4 Å². The largest absolute Gasteiger partial charge is 0.465 e. The number of aromatic nitrogens is 3. The van der Waals surface area contributed by atoms with E-state index in [1.165, 1.54) is 12.1 Å². The van der Waals surface area contributed by atoms with Crippen LogP contribution < -0.4 is 5.32 Å². The second kappa shape index (κ2) is 9.32. The molecule has 0 fully saturated rings. The number of alkyl halides is 6. The third-order valence-electron chi connectivity index (χ3n) is 3.10. The molecule has 0 aliphatic heterocycles. The molecule has 152 valence electrons. The highest BCUT2D eigenvalue weighted by Crippen LogP contribution is 2.40. The summed E-state index contributed by atoms with van der Waals surface area (Å²) < 4.78 is 15.1. The second-order valence-electron chi connectivity index (χ2n) is 5.15. The van der Waals surface area contributed by atoms with Crippen molar-refractivity contribution in [2.75, 3.05) is 18.5 Å². The molecule has 1 heterocycles. The minimum atomic E-state index is -2.03. The second-order valence-corrected chi connectivity index (χ2v) is 9.72. The third kappa shape index (κ3) is 6.34. The lowest BCUT2D eigenvalue weighted by Gasteiger charge is -2.16. The van der Waals surface area contributed by atoms with Crippen molar-refractivity contribution in [3.05, 3.63) is 35.7 Å². The summed E-state index contributed by atoms with van der Waals surface area (Å²) in [6.45, 7) is 1.68. The molecule has 0 spiro atoms. The van der Waals surface area contributed by atoms with Gasteiger partial charge in [-0.3, -0.25) is 4.79 Å². The normalized spacial score (nSPS) is 12.0. The van der Waals surface area contributed by atoms with Crippen LogP contribution in [0.4, 0.5) is 10.1 Å². The number of nitrogens with zero attached hydrogens (tertiary/aromatic N) is 3. The molecule has 0 bridgehead atoms. The van der Waals surface area contributed by atoms with Gasteiger partial charge in [0.05, 0.1) is 12.3 Å². The molecule has 0 atom stereocenters. The van der Waals surface area contributed by atoms with E-state index in [4.69, 9.17) is 74.3 Å². The van der Waals surface area contributed by atoms with E-state index < -0.39 is 19.4 Å². The summed E-state index contributed by atoms with van der Waals surface area (Å²) in [5.41, 5.74) is 0.265. The quantitative estimate of drug-likeness (QED) is 0.434. The molecule has 2 aromatic rings. The summed E-state index contributed by atoms with van der Waals surface area (Å²) in [6, 6.07) is 3.95. The predicted octanol–water partition coefficient (Wildman–Crippen LogP) is 5.31. The number of hydrogen-bond acceptors (Lipinski definition) is 6. The molecular weight excluding hydrogens is 500 g/mol. The number of rotatable bonds is 5. The van der Waals surface area contributed by atoms with Crippen molar-refractivity contribution < 1.29 is 13.9 Å². The number of carbonyl (C=O) groups excluding carboxylic acids is 1. The molecule has 1 aromatic carbocycles. The van der Waals surface area contributed by atoms with Gasteiger partial charge in [0.1, 0.15) is 12.4 Å². The molecule has 28 heavy (non-hydrogen) atoms. The first kappa shape index (κ1) is 23.4. The van der Waals surface area contributed by atoms with Crippen LogP contribution in [0.2, 0.25) is 0 Å². The molecule has 0 saturated heterocycles. The van der Waals surface area contributed by atoms with Crippen molar-refractivity contribution in [1.82, 2.24) is 15.0 Å². The van der Waals surface area contributed by atoms with Crippen molar-refractivity contribution in [3.8, 4) is 11.4 Å². The van der Waals surface area contributed by atoms with Gasteiger partial charge in [-0.05, 0) is 25.1 Å². The number of nitrogens with one attached hydrogen (secondary N) is 1. The van der Waals surface area contributed by atoms with Gasteiger partial charge in [0.2, 0.25) is 7.59 Å². The van der Waals surface area contributed by atoms with Crippen LogP contribution in [0.15, 0.2) is 18.2 Å². The summed E-state index contributed by atoms with van der Waals surface area (Å²) in [7, 11) is 0. The first-order chi connectivity index (χ1) is 12.9. The molecule has 1 aromatic heterocycles. The predicted molar refractivity (Wildman–Crippen MR) is 109 cm³/mol. The zero-order valence-electron chi connectivity index (χ0n) is 14.0. The van der Waals surface area contributed by atoms with Gasteiger partial charge in [-0.25, -0.2) is 19.3 Å². The van der Waals surface area contributed by atoms with E-state index in [1.807, 2.05) is 0 Å². The van der Waals surface area contributed by atoms with Crippen LogP contribution in [-0.4, -0.2) is 34.1 Å². The maximum atomic E-state index is 14.4. The molecule has 6 nitrogen and oxygen atoms in total. The number of esters is 1. The van der Waals surface area contributed by atoms with Gasteiger partial charge < -0.3 is 10.1 Å². The molecule has 0 saturated carbocycles. The molecule has 0 amide bonds. The van der Waals surface area contributed by atoms with Gasteiger partial charge in [-0.1, -0.05) is 69.6 Å². The Kier molecular flexibility index (Phi) is 7.81. The highest BCUT2D eigenvalue weighted by atomic mass is 35.6. The summed E-state index contributed by atoms with van der Waals surface area (Å²) in [5.74, 6) is -1.88.